The molecule has 1 amide bonds. The number of methoxy groups -OCH3 is 1. The molecular formula is C23H28N2O9. The summed E-state index contributed by atoms with van der Waals surface area (Å²) in [5.41, 5.74) is -1.79. The number of carbonyl (C=O) groups is 3. The molecule has 1 aromatic carbocycles. The van der Waals surface area contributed by atoms with Crippen LogP contribution in [0.5, 0.6) is 5.75 Å². The zero-order valence-corrected chi connectivity index (χ0v) is 19.9. The first-order valence-corrected chi connectivity index (χ1v) is 11.0. The number of nitrogens with zero attached hydrogens (tertiary/aromatic N) is 2. The lowest BCUT2D eigenvalue weighted by atomic mass is 9.68. The third-order valence-electron chi connectivity index (χ3n) is 6.62. The summed E-state index contributed by atoms with van der Waals surface area (Å²) in [7, 11) is 1.23. The molecule has 4 atom stereocenters. The molecule has 0 aliphatic carbocycles. The van der Waals surface area contributed by atoms with Crippen molar-refractivity contribution in [1.29, 1.82) is 0 Å². The normalized spacial score (nSPS) is 32.6. The number of ether oxygens (including phenoxy) is 4. The highest BCUT2D eigenvalue weighted by Crippen LogP contribution is 2.63. The fourth-order valence-electron chi connectivity index (χ4n) is 5.26. The van der Waals surface area contributed by atoms with Gasteiger partial charge in [0.2, 0.25) is 5.79 Å². The Morgan fingerprint density at radius 3 is 2.59 bits per heavy atom. The number of anilines is 1. The smallest absolute Gasteiger partial charge is 0.411 e. The largest absolute Gasteiger partial charge is 0.508 e. The van der Waals surface area contributed by atoms with Crippen molar-refractivity contribution in [2.24, 2.45) is 0 Å². The maximum Gasteiger partial charge on any atom is 0.411 e. The van der Waals surface area contributed by atoms with Crippen LogP contribution in [0.2, 0.25) is 0 Å². The predicted molar refractivity (Wildman–Crippen MR) is 115 cm³/mol. The summed E-state index contributed by atoms with van der Waals surface area (Å²) in [6.07, 6.45) is 0.0645. The van der Waals surface area contributed by atoms with Gasteiger partial charge in [0.15, 0.2) is 5.79 Å². The molecule has 11 heteroatoms. The quantitative estimate of drug-likeness (QED) is 0.384. The second-order valence-electron chi connectivity index (χ2n) is 10.5. The average Bonchev–Trinajstić information content (AvgIpc) is 3.47. The summed E-state index contributed by atoms with van der Waals surface area (Å²) in [5.74, 6) is -3.81. The SMILES string of the molecule is COC(=O)c1cc(O)c2c(c1)N1C[C@H]3[C@H](N3C(=O)OC(C)(C)C)[C@]3(O1)OC(C)(C)OC[C@@]23C=O. The highest BCUT2D eigenvalue weighted by atomic mass is 16.9. The molecule has 184 valence electrons. The van der Waals surface area contributed by atoms with Gasteiger partial charge in [-0.05, 0) is 46.8 Å². The van der Waals surface area contributed by atoms with E-state index in [1.54, 1.807) is 34.6 Å². The molecule has 11 nitrogen and oxygen atoms in total. The van der Waals surface area contributed by atoms with Crippen LogP contribution in [-0.4, -0.2) is 77.9 Å². The number of hydrogen-bond acceptors (Lipinski definition) is 10. The number of rotatable bonds is 2. The van der Waals surface area contributed by atoms with Crippen molar-refractivity contribution < 1.29 is 43.3 Å². The Kier molecular flexibility index (Phi) is 4.60. The Bertz CT molecular complexity index is 1100. The number of hydrogen-bond donors (Lipinski definition) is 1. The molecule has 3 fully saturated rings. The van der Waals surface area contributed by atoms with E-state index in [9.17, 15) is 19.5 Å². The zero-order valence-electron chi connectivity index (χ0n) is 19.9. The van der Waals surface area contributed by atoms with E-state index in [2.05, 4.69) is 0 Å². The molecule has 2 bridgehead atoms. The Morgan fingerprint density at radius 1 is 1.26 bits per heavy atom. The van der Waals surface area contributed by atoms with Crippen molar-refractivity contribution in [3.8, 4) is 5.75 Å². The number of hydroxylamine groups is 1. The molecule has 5 rings (SSSR count). The van der Waals surface area contributed by atoms with E-state index in [0.29, 0.717) is 12.0 Å². The van der Waals surface area contributed by atoms with Crippen LogP contribution in [0, 0.1) is 0 Å². The van der Waals surface area contributed by atoms with E-state index in [1.165, 1.54) is 29.2 Å². The van der Waals surface area contributed by atoms with Gasteiger partial charge in [-0.25, -0.2) is 19.5 Å². The minimum Gasteiger partial charge on any atom is -0.508 e. The summed E-state index contributed by atoms with van der Waals surface area (Å²) in [4.78, 5) is 46.0. The lowest BCUT2D eigenvalue weighted by Gasteiger charge is -2.59. The fraction of sp³-hybridized carbons (Fsp3) is 0.609. The van der Waals surface area contributed by atoms with E-state index < -0.39 is 46.7 Å². The van der Waals surface area contributed by atoms with Crippen LogP contribution in [0.1, 0.15) is 50.5 Å². The Labute approximate surface area is 196 Å². The fourth-order valence-corrected chi connectivity index (χ4v) is 5.26. The first-order valence-electron chi connectivity index (χ1n) is 11.0. The predicted octanol–water partition coefficient (Wildman–Crippen LogP) is 1.85. The van der Waals surface area contributed by atoms with Crippen molar-refractivity contribution in [3.05, 3.63) is 23.3 Å². The summed E-state index contributed by atoms with van der Waals surface area (Å²) in [6, 6.07) is 1.66. The summed E-state index contributed by atoms with van der Waals surface area (Å²) >= 11 is 0. The number of phenols is 1. The van der Waals surface area contributed by atoms with Crippen molar-refractivity contribution in [1.82, 2.24) is 4.90 Å². The Balaban J connectivity index is 1.69. The van der Waals surface area contributed by atoms with Crippen molar-refractivity contribution in [3.63, 3.8) is 0 Å². The van der Waals surface area contributed by atoms with Gasteiger partial charge in [0, 0.05) is 5.56 Å². The molecule has 4 aliphatic heterocycles. The van der Waals surface area contributed by atoms with Crippen molar-refractivity contribution in [2.45, 2.75) is 69.3 Å². The zero-order chi connectivity index (χ0) is 24.8. The third kappa shape index (κ3) is 2.96. The van der Waals surface area contributed by atoms with Gasteiger partial charge in [-0.3, -0.25) is 4.90 Å². The standard InChI is InChI=1S/C23H28N2O9/c1-20(2,3)32-19(29)25-14-9-24-13-7-12(18(28)30-6)8-15(27)16(13)22(10-26)11-31-21(4,5)33-23(22,34-24)17(14)25/h7-8,10,14,17,27H,9,11H2,1-6H3/t14-,17-,22-,23+,25?/m0/s1. The molecule has 1 aromatic rings. The van der Waals surface area contributed by atoms with Gasteiger partial charge in [-0.2, -0.15) is 0 Å². The van der Waals surface area contributed by atoms with Crippen molar-refractivity contribution in [2.75, 3.05) is 25.3 Å². The van der Waals surface area contributed by atoms with E-state index in [0.717, 1.165) is 0 Å². The maximum atomic E-state index is 13.1. The average molecular weight is 476 g/mol. The molecular weight excluding hydrogens is 448 g/mol. The lowest BCUT2D eigenvalue weighted by molar-refractivity contribution is -0.417. The highest BCUT2D eigenvalue weighted by molar-refractivity contribution is 5.93. The van der Waals surface area contributed by atoms with Crippen LogP contribution in [0.15, 0.2) is 12.1 Å². The van der Waals surface area contributed by atoms with E-state index in [1.807, 2.05) is 0 Å². The summed E-state index contributed by atoms with van der Waals surface area (Å²) in [6.45, 7) is 8.69. The number of carbonyl (C=O) groups excluding carboxylic acids is 3. The molecule has 0 radical (unpaired) electrons. The maximum absolute atomic E-state index is 13.1. The first-order chi connectivity index (χ1) is 15.8. The second-order valence-corrected chi connectivity index (χ2v) is 10.5. The molecule has 0 aromatic heterocycles. The molecule has 3 saturated heterocycles. The molecule has 1 spiro atoms. The first kappa shape index (κ1) is 22.9. The van der Waals surface area contributed by atoms with Crippen LogP contribution in [-0.2, 0) is 34.0 Å². The monoisotopic (exact) mass is 476 g/mol. The summed E-state index contributed by atoms with van der Waals surface area (Å²) < 4.78 is 22.6. The van der Waals surface area contributed by atoms with Crippen LogP contribution in [0.25, 0.3) is 0 Å². The number of amides is 1. The van der Waals surface area contributed by atoms with Gasteiger partial charge in [0.25, 0.3) is 0 Å². The number of phenolic OH excluding ortho intramolecular Hbond substituents is 1. The van der Waals surface area contributed by atoms with Gasteiger partial charge in [-0.1, -0.05) is 0 Å². The Hall–Kier alpha value is -2.89. The lowest BCUT2D eigenvalue weighted by Crippen LogP contribution is -2.75. The van der Waals surface area contributed by atoms with E-state index in [-0.39, 0.29) is 30.0 Å². The minimum absolute atomic E-state index is 0.0794. The summed E-state index contributed by atoms with van der Waals surface area (Å²) in [5, 5.41) is 12.5. The van der Waals surface area contributed by atoms with Crippen LogP contribution in [0.4, 0.5) is 10.5 Å². The number of aldehydes is 1. The van der Waals surface area contributed by atoms with Gasteiger partial charge < -0.3 is 28.8 Å². The van der Waals surface area contributed by atoms with Crippen molar-refractivity contribution >= 4 is 24.0 Å². The highest BCUT2D eigenvalue weighted by Gasteiger charge is 2.81. The van der Waals surface area contributed by atoms with E-state index in [4.69, 9.17) is 23.8 Å². The molecule has 4 heterocycles. The molecule has 1 N–H and O–H groups in total. The topological polar surface area (TPSA) is 124 Å². The number of benzene rings is 1. The second kappa shape index (κ2) is 6.83. The van der Waals surface area contributed by atoms with Crippen LogP contribution < -0.4 is 5.06 Å². The third-order valence-corrected chi connectivity index (χ3v) is 6.62. The van der Waals surface area contributed by atoms with Gasteiger partial charge >= 0.3 is 12.1 Å². The molecule has 4 aliphatic rings. The Morgan fingerprint density at radius 2 is 1.97 bits per heavy atom. The van der Waals surface area contributed by atoms with Gasteiger partial charge in [0.1, 0.15) is 29.1 Å². The number of fused-ring (bicyclic) bond motifs is 5. The van der Waals surface area contributed by atoms with Gasteiger partial charge in [-0.15, -0.1) is 0 Å². The van der Waals surface area contributed by atoms with Crippen LogP contribution in [0.3, 0.4) is 0 Å². The minimum atomic E-state index is -1.69. The van der Waals surface area contributed by atoms with Crippen LogP contribution >= 0.6 is 0 Å². The van der Waals surface area contributed by atoms with E-state index >= 15 is 0 Å². The molecule has 0 saturated carbocycles. The molecule has 34 heavy (non-hydrogen) atoms. The molecule has 0 unspecified atom stereocenters. The number of aromatic hydroxyl groups is 1. The number of esters is 1. The van der Waals surface area contributed by atoms with Gasteiger partial charge in [0.05, 0.1) is 37.6 Å².